The highest BCUT2D eigenvalue weighted by Gasteiger charge is 2.13. The van der Waals surface area contributed by atoms with Gasteiger partial charge in [0, 0.05) is 5.69 Å². The monoisotopic (exact) mass is 349 g/mol. The van der Waals surface area contributed by atoms with Crippen molar-refractivity contribution < 1.29 is 14.3 Å². The normalized spacial score (nSPS) is 10.4. The fourth-order valence-electron chi connectivity index (χ4n) is 1.27. The molecule has 1 aromatic heterocycles. The molecule has 1 heterocycles. The first-order valence-electron chi connectivity index (χ1n) is 4.72. The number of furan rings is 1. The number of hydrogen-bond acceptors (Lipinski definition) is 3. The zero-order chi connectivity index (χ0) is 13.3. The molecular weight excluding hydrogens is 345 g/mol. The molecule has 1 amide bonds. The van der Waals surface area contributed by atoms with E-state index in [2.05, 4.69) is 21.2 Å². The second-order valence-electron chi connectivity index (χ2n) is 3.35. The zero-order valence-electron chi connectivity index (χ0n) is 8.71. The molecule has 0 aliphatic carbocycles. The van der Waals surface area contributed by atoms with Gasteiger partial charge in [-0.15, -0.1) is 0 Å². The first-order valence-corrected chi connectivity index (χ1v) is 6.27. The number of carbonyl (C=O) groups is 1. The van der Waals surface area contributed by atoms with E-state index in [1.807, 2.05) is 0 Å². The fraction of sp³-hybridized carbons (Fsp3) is 0. The van der Waals surface area contributed by atoms with Gasteiger partial charge in [0.2, 0.25) is 0 Å². The topological polar surface area (TPSA) is 62.5 Å². The lowest BCUT2D eigenvalue weighted by Crippen LogP contribution is -2.10. The Morgan fingerprint density at radius 3 is 2.39 bits per heavy atom. The summed E-state index contributed by atoms with van der Waals surface area (Å²) >= 11 is 14.6. The molecule has 0 saturated heterocycles. The van der Waals surface area contributed by atoms with Crippen molar-refractivity contribution in [2.24, 2.45) is 0 Å². The number of anilines is 1. The van der Waals surface area contributed by atoms with Crippen LogP contribution in [0, 0.1) is 0 Å². The van der Waals surface area contributed by atoms with Crippen molar-refractivity contribution in [2.45, 2.75) is 0 Å². The molecular formula is C11H6BrCl2NO3. The van der Waals surface area contributed by atoms with Crippen LogP contribution < -0.4 is 5.32 Å². The number of hydrogen-bond donors (Lipinski definition) is 2. The molecule has 0 bridgehead atoms. The Morgan fingerprint density at radius 2 is 1.89 bits per heavy atom. The Morgan fingerprint density at radius 1 is 1.28 bits per heavy atom. The minimum atomic E-state index is -0.446. The highest BCUT2D eigenvalue weighted by Crippen LogP contribution is 2.34. The summed E-state index contributed by atoms with van der Waals surface area (Å²) in [4.78, 5) is 11.8. The van der Waals surface area contributed by atoms with Crippen molar-refractivity contribution in [3.05, 3.63) is 44.7 Å². The maximum absolute atomic E-state index is 11.8. The van der Waals surface area contributed by atoms with Crippen molar-refractivity contribution in [1.29, 1.82) is 0 Å². The average molecular weight is 351 g/mol. The molecule has 0 saturated carbocycles. The molecule has 4 nitrogen and oxygen atoms in total. The predicted octanol–water partition coefficient (Wildman–Crippen LogP) is 4.31. The summed E-state index contributed by atoms with van der Waals surface area (Å²) in [5.41, 5.74) is 0.361. The van der Waals surface area contributed by atoms with Gasteiger partial charge < -0.3 is 14.8 Å². The van der Waals surface area contributed by atoms with Gasteiger partial charge in [-0.1, -0.05) is 23.2 Å². The first-order chi connectivity index (χ1) is 8.47. The standard InChI is InChI=1S/C11H6BrCl2NO3/c12-9-2-1-8(18-9)11(17)15-5-3-6(13)10(16)7(14)4-5/h1-4,16H,(H,15,17). The number of rotatable bonds is 2. The SMILES string of the molecule is O=C(Nc1cc(Cl)c(O)c(Cl)c1)c1ccc(Br)o1. The maximum atomic E-state index is 11.8. The van der Waals surface area contributed by atoms with E-state index >= 15 is 0 Å². The number of benzene rings is 1. The fourth-order valence-corrected chi connectivity index (χ4v) is 2.06. The predicted molar refractivity (Wildman–Crippen MR) is 72.5 cm³/mol. The third-order valence-electron chi connectivity index (χ3n) is 2.07. The third kappa shape index (κ3) is 2.80. The second-order valence-corrected chi connectivity index (χ2v) is 4.94. The summed E-state index contributed by atoms with van der Waals surface area (Å²) in [6.07, 6.45) is 0. The number of halogens is 3. The Bertz CT molecular complexity index is 589. The molecule has 18 heavy (non-hydrogen) atoms. The van der Waals surface area contributed by atoms with Gasteiger partial charge in [-0.3, -0.25) is 4.79 Å². The highest BCUT2D eigenvalue weighted by molar-refractivity contribution is 9.10. The molecule has 0 aliphatic heterocycles. The molecule has 0 atom stereocenters. The van der Waals surface area contributed by atoms with Gasteiger partial charge in [-0.25, -0.2) is 0 Å². The number of phenolic OH excluding ortho intramolecular Hbond substituents is 1. The lowest BCUT2D eigenvalue weighted by molar-refractivity contribution is 0.0995. The summed E-state index contributed by atoms with van der Waals surface area (Å²) in [5.74, 6) is -0.530. The van der Waals surface area contributed by atoms with Crippen LogP contribution in [0.25, 0.3) is 0 Å². The number of aromatic hydroxyl groups is 1. The molecule has 2 N–H and O–H groups in total. The summed E-state index contributed by atoms with van der Waals surface area (Å²) in [5, 5.41) is 12.0. The van der Waals surface area contributed by atoms with Crippen LogP contribution in [0.15, 0.2) is 33.4 Å². The molecule has 94 valence electrons. The van der Waals surface area contributed by atoms with E-state index in [1.165, 1.54) is 18.2 Å². The van der Waals surface area contributed by atoms with E-state index in [4.69, 9.17) is 27.6 Å². The van der Waals surface area contributed by atoms with Crippen LogP contribution in [-0.4, -0.2) is 11.0 Å². The molecule has 0 aliphatic rings. The van der Waals surface area contributed by atoms with Gasteiger partial charge in [-0.2, -0.15) is 0 Å². The van der Waals surface area contributed by atoms with E-state index < -0.39 is 5.91 Å². The number of carbonyl (C=O) groups excluding carboxylic acids is 1. The van der Waals surface area contributed by atoms with Crippen molar-refractivity contribution in [2.75, 3.05) is 5.32 Å². The van der Waals surface area contributed by atoms with Crippen LogP contribution in [0.3, 0.4) is 0 Å². The quantitative estimate of drug-likeness (QED) is 0.793. The van der Waals surface area contributed by atoms with Crippen LogP contribution in [0.1, 0.15) is 10.6 Å². The third-order valence-corrected chi connectivity index (χ3v) is 3.07. The van der Waals surface area contributed by atoms with Crippen LogP contribution in [0.2, 0.25) is 10.0 Å². The smallest absolute Gasteiger partial charge is 0.291 e. The average Bonchev–Trinajstić information content (AvgIpc) is 2.72. The first kappa shape index (κ1) is 13.3. The van der Waals surface area contributed by atoms with Crippen LogP contribution in [-0.2, 0) is 0 Å². The molecule has 2 aromatic rings. The van der Waals surface area contributed by atoms with E-state index in [0.717, 1.165) is 0 Å². The number of amides is 1. The number of nitrogens with one attached hydrogen (secondary N) is 1. The molecule has 0 spiro atoms. The van der Waals surface area contributed by atoms with Gasteiger partial charge in [-0.05, 0) is 40.2 Å². The molecule has 1 aromatic carbocycles. The Hall–Kier alpha value is -1.17. The van der Waals surface area contributed by atoms with Gasteiger partial charge in [0.05, 0.1) is 10.0 Å². The minimum absolute atomic E-state index is 0.0541. The van der Waals surface area contributed by atoms with Crippen LogP contribution in [0.4, 0.5) is 5.69 Å². The highest BCUT2D eigenvalue weighted by atomic mass is 79.9. The van der Waals surface area contributed by atoms with Crippen molar-refractivity contribution in [1.82, 2.24) is 0 Å². The Balaban J connectivity index is 2.22. The summed E-state index contributed by atoms with van der Waals surface area (Å²) in [6, 6.07) is 5.89. The van der Waals surface area contributed by atoms with Gasteiger partial charge in [0.1, 0.15) is 0 Å². The van der Waals surface area contributed by atoms with E-state index in [1.54, 1.807) is 6.07 Å². The molecule has 7 heteroatoms. The van der Waals surface area contributed by atoms with Gasteiger partial charge >= 0.3 is 0 Å². The molecule has 0 radical (unpaired) electrons. The maximum Gasteiger partial charge on any atom is 0.291 e. The van der Waals surface area contributed by atoms with E-state index in [0.29, 0.717) is 10.4 Å². The van der Waals surface area contributed by atoms with Crippen molar-refractivity contribution >= 4 is 50.7 Å². The summed E-state index contributed by atoms with van der Waals surface area (Å²) in [6.45, 7) is 0. The van der Waals surface area contributed by atoms with E-state index in [-0.39, 0.29) is 21.6 Å². The summed E-state index contributed by atoms with van der Waals surface area (Å²) in [7, 11) is 0. The number of phenols is 1. The second kappa shape index (κ2) is 5.22. The molecule has 0 unspecified atom stereocenters. The Labute approximate surface area is 121 Å². The van der Waals surface area contributed by atoms with Crippen molar-refractivity contribution in [3.63, 3.8) is 0 Å². The van der Waals surface area contributed by atoms with Crippen LogP contribution >= 0.6 is 39.1 Å². The van der Waals surface area contributed by atoms with E-state index in [9.17, 15) is 9.90 Å². The lowest BCUT2D eigenvalue weighted by atomic mass is 10.3. The van der Waals surface area contributed by atoms with Gasteiger partial charge in [0.15, 0.2) is 16.2 Å². The Kier molecular flexibility index (Phi) is 3.85. The zero-order valence-corrected chi connectivity index (χ0v) is 11.8. The summed E-state index contributed by atoms with van der Waals surface area (Å²) < 4.78 is 5.54. The van der Waals surface area contributed by atoms with Crippen LogP contribution in [0.5, 0.6) is 5.75 Å². The van der Waals surface area contributed by atoms with Gasteiger partial charge in [0.25, 0.3) is 5.91 Å². The molecule has 2 rings (SSSR count). The van der Waals surface area contributed by atoms with Crippen molar-refractivity contribution in [3.8, 4) is 5.75 Å². The largest absolute Gasteiger partial charge is 0.505 e. The lowest BCUT2D eigenvalue weighted by Gasteiger charge is -2.06. The minimum Gasteiger partial charge on any atom is -0.505 e. The molecule has 0 fully saturated rings.